The van der Waals surface area contributed by atoms with Crippen LogP contribution in [0.5, 0.6) is 17.2 Å². The van der Waals surface area contributed by atoms with Crippen molar-refractivity contribution in [2.75, 3.05) is 32.1 Å². The van der Waals surface area contributed by atoms with Gasteiger partial charge in [0.25, 0.3) is 17.7 Å². The molecular weight excluding hydrogens is 631 g/mol. The van der Waals surface area contributed by atoms with Crippen molar-refractivity contribution in [3.05, 3.63) is 107 Å². The fourth-order valence-electron chi connectivity index (χ4n) is 5.91. The molecule has 252 valence electrons. The number of amides is 4. The summed E-state index contributed by atoms with van der Waals surface area (Å²) in [6.07, 6.45) is -0.253. The van der Waals surface area contributed by atoms with Crippen LogP contribution in [0.3, 0.4) is 0 Å². The Balaban J connectivity index is 1.34. The molecule has 1 fully saturated rings. The number of nitrogens with zero attached hydrogens (tertiary/aromatic N) is 1. The normalized spacial score (nSPS) is 17.7. The van der Waals surface area contributed by atoms with E-state index in [1.165, 1.54) is 26.2 Å². The van der Waals surface area contributed by atoms with Gasteiger partial charge in [0.15, 0.2) is 6.61 Å². The fourth-order valence-corrected chi connectivity index (χ4v) is 5.91. The highest BCUT2D eigenvalue weighted by Gasteiger charge is 2.35. The molecule has 0 aromatic heterocycles. The summed E-state index contributed by atoms with van der Waals surface area (Å²) in [7, 11) is 1.51. The number of anilines is 1. The number of hydrogen-bond acceptors (Lipinski definition) is 7. The lowest BCUT2D eigenvalue weighted by molar-refractivity contribution is -0.123. The lowest BCUT2D eigenvalue weighted by atomic mass is 9.98. The van der Waals surface area contributed by atoms with Crippen molar-refractivity contribution in [3.8, 4) is 28.4 Å². The van der Waals surface area contributed by atoms with Crippen LogP contribution in [0.1, 0.15) is 39.6 Å². The number of nitrogens with one attached hydrogen (secondary N) is 3. The molecule has 3 N–H and O–H groups in total. The van der Waals surface area contributed by atoms with Gasteiger partial charge in [-0.25, -0.2) is 4.39 Å². The van der Waals surface area contributed by atoms with Crippen LogP contribution in [0.25, 0.3) is 11.1 Å². The minimum atomic E-state index is -0.737. The Bertz CT molecular complexity index is 1920. The van der Waals surface area contributed by atoms with Crippen LogP contribution >= 0.6 is 0 Å². The molecule has 3 aliphatic rings. The van der Waals surface area contributed by atoms with Crippen molar-refractivity contribution in [2.24, 2.45) is 0 Å². The molecule has 4 aromatic carbocycles. The third-order valence-corrected chi connectivity index (χ3v) is 8.35. The highest BCUT2D eigenvalue weighted by molar-refractivity contribution is 5.98. The summed E-state index contributed by atoms with van der Waals surface area (Å²) in [6.45, 7) is 1.72. The first kappa shape index (κ1) is 33.0. The van der Waals surface area contributed by atoms with Gasteiger partial charge in [-0.1, -0.05) is 24.3 Å². The predicted octanol–water partition coefficient (Wildman–Crippen LogP) is 4.56. The monoisotopic (exact) mass is 666 g/mol. The second-order valence-corrected chi connectivity index (χ2v) is 11.8. The molecule has 7 rings (SSSR count). The maximum atomic E-state index is 15.2. The number of rotatable bonds is 3. The zero-order valence-electron chi connectivity index (χ0n) is 27.0. The van der Waals surface area contributed by atoms with Crippen LogP contribution in [-0.2, 0) is 16.1 Å². The van der Waals surface area contributed by atoms with Gasteiger partial charge in [0.1, 0.15) is 29.2 Å². The number of benzene rings is 4. The van der Waals surface area contributed by atoms with Gasteiger partial charge >= 0.3 is 0 Å². The van der Waals surface area contributed by atoms with Crippen molar-refractivity contribution >= 4 is 29.3 Å². The van der Waals surface area contributed by atoms with Gasteiger partial charge in [-0.2, -0.15) is 0 Å². The van der Waals surface area contributed by atoms with Gasteiger partial charge in [-0.3, -0.25) is 19.2 Å². The number of piperidine rings is 1. The van der Waals surface area contributed by atoms with Gasteiger partial charge < -0.3 is 35.1 Å². The molecule has 3 heterocycles. The van der Waals surface area contributed by atoms with Gasteiger partial charge in [0.05, 0.1) is 18.7 Å². The van der Waals surface area contributed by atoms with E-state index in [2.05, 4.69) is 16.0 Å². The van der Waals surface area contributed by atoms with E-state index in [1.54, 1.807) is 77.7 Å². The molecule has 0 saturated carbocycles. The van der Waals surface area contributed by atoms with Crippen molar-refractivity contribution in [2.45, 2.75) is 32.0 Å². The van der Waals surface area contributed by atoms with Crippen LogP contribution < -0.4 is 30.2 Å². The third kappa shape index (κ3) is 7.81. The van der Waals surface area contributed by atoms with Crippen LogP contribution in [0.4, 0.5) is 10.1 Å². The summed E-state index contributed by atoms with van der Waals surface area (Å²) >= 11 is 0. The largest absolute Gasteiger partial charge is 0.496 e. The Labute approximate surface area is 282 Å². The van der Waals surface area contributed by atoms with Gasteiger partial charge in [-0.15, -0.1) is 0 Å². The van der Waals surface area contributed by atoms with Crippen molar-refractivity contribution in [1.29, 1.82) is 0 Å². The molecule has 4 aromatic rings. The molecule has 3 aliphatic heterocycles. The second kappa shape index (κ2) is 14.5. The van der Waals surface area contributed by atoms with E-state index >= 15 is 4.39 Å². The lowest BCUT2D eigenvalue weighted by Gasteiger charge is -2.39. The third-order valence-electron chi connectivity index (χ3n) is 8.35. The number of carbonyl (C=O) groups excluding carboxylic acids is 4. The number of carbonyl (C=O) groups is 4. The summed E-state index contributed by atoms with van der Waals surface area (Å²) in [5.74, 6) is -0.941. The Morgan fingerprint density at radius 1 is 0.959 bits per heavy atom. The SMILES string of the molecule is COc1cc2ccc1CNC(=O)COc1cccc(c1)-c1ccc(F)c(c1)C(=O)N[C@@H]1CN(C(=O)c3cccc(NC(C)=O)c3)CC[C@@H]1O2. The van der Waals surface area contributed by atoms with Crippen LogP contribution in [-0.4, -0.2) is 67.5 Å². The number of halogens is 1. The standard InChI is InChI=1S/C37H35FN4O7/c1-22(43)40-27-7-3-6-25(15-27)37(46)42-14-13-33-32(20-42)41-36(45)30-17-24(10-12-31(30)38)23-5-4-8-28(16-23)48-21-35(44)39-19-26-9-11-29(49-33)18-34(26)47-2/h3-12,15-18,32-33H,13-14,19-21H2,1-2H3,(H,39,44)(H,40,43)(H,41,45)/t32-,33+/m1/s1. The van der Waals surface area contributed by atoms with Crippen molar-refractivity contribution in [1.82, 2.24) is 15.5 Å². The minimum Gasteiger partial charge on any atom is -0.496 e. The molecular formula is C37H35FN4O7. The first-order valence-corrected chi connectivity index (χ1v) is 15.8. The molecule has 0 unspecified atom stereocenters. The van der Waals surface area contributed by atoms with E-state index in [1.807, 2.05) is 0 Å². The van der Waals surface area contributed by atoms with Crippen LogP contribution in [0, 0.1) is 5.82 Å². The van der Waals surface area contributed by atoms with Crippen molar-refractivity contribution < 1.29 is 37.8 Å². The molecule has 12 heteroatoms. The molecule has 0 aliphatic carbocycles. The summed E-state index contributed by atoms with van der Waals surface area (Å²) in [6, 6.07) is 22.2. The molecule has 1 saturated heterocycles. The number of fused-ring (bicyclic) bond motifs is 7. The summed E-state index contributed by atoms with van der Waals surface area (Å²) in [4.78, 5) is 53.2. The zero-order valence-corrected chi connectivity index (χ0v) is 27.0. The van der Waals surface area contributed by atoms with Gasteiger partial charge in [-0.05, 0) is 65.7 Å². The Morgan fingerprint density at radius 2 is 1.78 bits per heavy atom. The lowest BCUT2D eigenvalue weighted by Crippen LogP contribution is -2.58. The summed E-state index contributed by atoms with van der Waals surface area (Å²) < 4.78 is 32.9. The Hall–Kier alpha value is -5.91. The van der Waals surface area contributed by atoms with E-state index in [0.717, 1.165) is 0 Å². The minimum absolute atomic E-state index is 0.0710. The Morgan fingerprint density at radius 3 is 2.59 bits per heavy atom. The molecule has 0 spiro atoms. The number of likely N-dealkylation sites (tertiary alicyclic amines) is 1. The van der Waals surface area contributed by atoms with Crippen LogP contribution in [0.2, 0.25) is 0 Å². The Kier molecular flexibility index (Phi) is 9.74. The molecule has 11 nitrogen and oxygen atoms in total. The van der Waals surface area contributed by atoms with Crippen LogP contribution in [0.15, 0.2) is 84.9 Å². The van der Waals surface area contributed by atoms with E-state index in [-0.39, 0.29) is 43.0 Å². The summed E-state index contributed by atoms with van der Waals surface area (Å²) in [5.41, 5.74) is 2.59. The molecule has 2 atom stereocenters. The zero-order chi connectivity index (χ0) is 34.5. The van der Waals surface area contributed by atoms with Crippen molar-refractivity contribution in [3.63, 3.8) is 0 Å². The number of hydrogen-bond donors (Lipinski definition) is 3. The maximum Gasteiger partial charge on any atom is 0.258 e. The second-order valence-electron chi connectivity index (χ2n) is 11.8. The quantitative estimate of drug-likeness (QED) is 0.292. The van der Waals surface area contributed by atoms with E-state index < -0.39 is 23.9 Å². The molecule has 0 radical (unpaired) electrons. The molecule has 6 bridgehead atoms. The predicted molar refractivity (Wildman–Crippen MR) is 179 cm³/mol. The highest BCUT2D eigenvalue weighted by Crippen LogP contribution is 2.29. The maximum absolute atomic E-state index is 15.2. The molecule has 49 heavy (non-hydrogen) atoms. The van der Waals surface area contributed by atoms with Gasteiger partial charge in [0.2, 0.25) is 5.91 Å². The van der Waals surface area contributed by atoms with E-state index in [0.29, 0.717) is 58.2 Å². The van der Waals surface area contributed by atoms with E-state index in [4.69, 9.17) is 14.2 Å². The average Bonchev–Trinajstić information content (AvgIpc) is 3.10. The average molecular weight is 667 g/mol. The highest BCUT2D eigenvalue weighted by atomic mass is 19.1. The van der Waals surface area contributed by atoms with Gasteiger partial charge in [0, 0.05) is 55.9 Å². The number of methoxy groups -OCH3 is 1. The van der Waals surface area contributed by atoms with E-state index in [9.17, 15) is 19.2 Å². The summed E-state index contributed by atoms with van der Waals surface area (Å²) in [5, 5.41) is 8.46. The fraction of sp³-hybridized carbons (Fsp3) is 0.243. The first-order chi connectivity index (χ1) is 23.7. The first-order valence-electron chi connectivity index (χ1n) is 15.8. The molecule has 4 amide bonds. The topological polar surface area (TPSA) is 135 Å². The smallest absolute Gasteiger partial charge is 0.258 e. The number of ether oxygens (including phenoxy) is 3.